The van der Waals surface area contributed by atoms with Gasteiger partial charge in [-0.1, -0.05) is 11.6 Å². The minimum Gasteiger partial charge on any atom is -0.482 e. The number of ether oxygens (including phenoxy) is 1. The number of hydrogen-bond donors (Lipinski definition) is 2. The first-order valence-electron chi connectivity index (χ1n) is 6.12. The zero-order valence-electron chi connectivity index (χ0n) is 10.7. The highest BCUT2D eigenvalue weighted by molar-refractivity contribution is 6.33. The van der Waals surface area contributed by atoms with Gasteiger partial charge >= 0.3 is 0 Å². The molecule has 0 unspecified atom stereocenters. The standard InChI is InChI=1S/C14H10ClN3O3/c15-13-9(2-1-5-16-13)14(20)17-8-3-4-11-10(6-8)18-12(19)7-21-11/h1-6H,7H2,(H,17,20)(H,18,19). The highest BCUT2D eigenvalue weighted by atomic mass is 35.5. The van der Waals surface area contributed by atoms with Gasteiger partial charge in [0.05, 0.1) is 11.3 Å². The van der Waals surface area contributed by atoms with Crippen molar-refractivity contribution in [3.05, 3.63) is 47.2 Å². The Kier molecular flexibility index (Phi) is 3.45. The predicted molar refractivity (Wildman–Crippen MR) is 77.8 cm³/mol. The van der Waals surface area contributed by atoms with Gasteiger partial charge in [0, 0.05) is 11.9 Å². The lowest BCUT2D eigenvalue weighted by molar-refractivity contribution is -0.118. The third kappa shape index (κ3) is 2.80. The molecule has 0 spiro atoms. The van der Waals surface area contributed by atoms with Crippen molar-refractivity contribution in [1.29, 1.82) is 0 Å². The summed E-state index contributed by atoms with van der Waals surface area (Å²) in [5.41, 5.74) is 1.31. The maximum Gasteiger partial charge on any atom is 0.262 e. The van der Waals surface area contributed by atoms with E-state index in [4.69, 9.17) is 16.3 Å². The van der Waals surface area contributed by atoms with Gasteiger partial charge in [0.15, 0.2) is 6.61 Å². The molecule has 0 saturated carbocycles. The van der Waals surface area contributed by atoms with Crippen LogP contribution in [0.1, 0.15) is 10.4 Å². The SMILES string of the molecule is O=C1COc2ccc(NC(=O)c3cccnc3Cl)cc2N1. The van der Waals surface area contributed by atoms with Crippen molar-refractivity contribution in [1.82, 2.24) is 4.98 Å². The number of amides is 2. The van der Waals surface area contributed by atoms with Crippen LogP contribution in [0.2, 0.25) is 5.15 Å². The van der Waals surface area contributed by atoms with Crippen LogP contribution in [0.15, 0.2) is 36.5 Å². The Balaban J connectivity index is 1.82. The highest BCUT2D eigenvalue weighted by Crippen LogP contribution is 2.30. The van der Waals surface area contributed by atoms with Crippen molar-refractivity contribution in [2.75, 3.05) is 17.2 Å². The lowest BCUT2D eigenvalue weighted by atomic mass is 10.2. The average Bonchev–Trinajstić information content (AvgIpc) is 2.47. The molecule has 21 heavy (non-hydrogen) atoms. The second-order valence-corrected chi connectivity index (χ2v) is 4.70. The van der Waals surface area contributed by atoms with Gasteiger partial charge in [-0.05, 0) is 30.3 Å². The van der Waals surface area contributed by atoms with Gasteiger partial charge in [0.25, 0.3) is 11.8 Å². The Morgan fingerprint density at radius 2 is 2.24 bits per heavy atom. The topological polar surface area (TPSA) is 80.3 Å². The van der Waals surface area contributed by atoms with E-state index in [1.807, 2.05) is 0 Å². The van der Waals surface area contributed by atoms with Crippen LogP contribution in [0.3, 0.4) is 0 Å². The molecule has 6 nitrogen and oxygen atoms in total. The van der Waals surface area contributed by atoms with Crippen LogP contribution < -0.4 is 15.4 Å². The molecule has 1 aliphatic rings. The number of nitrogens with zero attached hydrogens (tertiary/aromatic N) is 1. The Bertz CT molecular complexity index is 733. The van der Waals surface area contributed by atoms with Gasteiger partial charge in [0.1, 0.15) is 10.9 Å². The monoisotopic (exact) mass is 303 g/mol. The number of fused-ring (bicyclic) bond motifs is 1. The number of carbonyl (C=O) groups excluding carboxylic acids is 2. The van der Waals surface area contributed by atoms with Crippen LogP contribution >= 0.6 is 11.6 Å². The van der Waals surface area contributed by atoms with E-state index < -0.39 is 0 Å². The second-order valence-electron chi connectivity index (χ2n) is 4.34. The summed E-state index contributed by atoms with van der Waals surface area (Å²) >= 11 is 5.87. The normalized spacial score (nSPS) is 12.9. The molecule has 1 aliphatic heterocycles. The van der Waals surface area contributed by atoms with Gasteiger partial charge < -0.3 is 15.4 Å². The van der Waals surface area contributed by atoms with Crippen molar-refractivity contribution in [3.63, 3.8) is 0 Å². The van der Waals surface area contributed by atoms with Crippen LogP contribution in [-0.2, 0) is 4.79 Å². The number of anilines is 2. The Labute approximate surface area is 125 Å². The van der Waals surface area contributed by atoms with Crippen molar-refractivity contribution >= 4 is 34.8 Å². The molecule has 1 aromatic heterocycles. The molecular formula is C14H10ClN3O3. The van der Waals surface area contributed by atoms with Crippen LogP contribution in [0, 0.1) is 0 Å². The molecule has 0 bridgehead atoms. The molecule has 2 heterocycles. The van der Waals surface area contributed by atoms with E-state index in [1.165, 1.54) is 6.20 Å². The molecule has 7 heteroatoms. The van der Waals surface area contributed by atoms with Crippen LogP contribution in [-0.4, -0.2) is 23.4 Å². The average molecular weight is 304 g/mol. The summed E-state index contributed by atoms with van der Waals surface area (Å²) in [5, 5.41) is 5.49. The first-order valence-corrected chi connectivity index (χ1v) is 6.50. The molecule has 1 aromatic carbocycles. The minimum absolute atomic E-state index is 0.00992. The van der Waals surface area contributed by atoms with E-state index in [0.29, 0.717) is 17.1 Å². The first kappa shape index (κ1) is 13.4. The summed E-state index contributed by atoms with van der Waals surface area (Å²) in [7, 11) is 0. The predicted octanol–water partition coefficient (Wildman–Crippen LogP) is 2.32. The van der Waals surface area contributed by atoms with E-state index in [0.717, 1.165) is 0 Å². The number of nitrogens with one attached hydrogen (secondary N) is 2. The molecule has 2 amide bonds. The van der Waals surface area contributed by atoms with Crippen molar-refractivity contribution < 1.29 is 14.3 Å². The number of rotatable bonds is 2. The molecule has 2 N–H and O–H groups in total. The van der Waals surface area contributed by atoms with Gasteiger partial charge in [-0.25, -0.2) is 4.98 Å². The van der Waals surface area contributed by atoms with Gasteiger partial charge in [0.2, 0.25) is 0 Å². The fraction of sp³-hybridized carbons (Fsp3) is 0.0714. The summed E-state index contributed by atoms with van der Waals surface area (Å²) in [5.74, 6) is -0.0515. The summed E-state index contributed by atoms with van der Waals surface area (Å²) in [6.45, 7) is -0.00992. The number of halogens is 1. The quantitative estimate of drug-likeness (QED) is 0.834. The molecule has 0 aliphatic carbocycles. The van der Waals surface area contributed by atoms with Crippen LogP contribution in [0.5, 0.6) is 5.75 Å². The third-order valence-electron chi connectivity index (χ3n) is 2.87. The number of benzene rings is 1. The fourth-order valence-electron chi connectivity index (χ4n) is 1.91. The van der Waals surface area contributed by atoms with Crippen LogP contribution in [0.25, 0.3) is 0 Å². The maximum atomic E-state index is 12.1. The zero-order valence-corrected chi connectivity index (χ0v) is 11.5. The summed E-state index contributed by atoms with van der Waals surface area (Å²) in [4.78, 5) is 27.2. The fourth-order valence-corrected chi connectivity index (χ4v) is 2.12. The smallest absolute Gasteiger partial charge is 0.262 e. The Hall–Kier alpha value is -2.60. The van der Waals surface area contributed by atoms with E-state index in [1.54, 1.807) is 30.3 Å². The molecule has 106 valence electrons. The minimum atomic E-state index is -0.379. The van der Waals surface area contributed by atoms with Gasteiger partial charge in [-0.15, -0.1) is 0 Å². The van der Waals surface area contributed by atoms with E-state index in [2.05, 4.69) is 15.6 Å². The third-order valence-corrected chi connectivity index (χ3v) is 3.18. The van der Waals surface area contributed by atoms with Gasteiger partial charge in [-0.2, -0.15) is 0 Å². The second kappa shape index (κ2) is 5.41. The number of hydrogen-bond acceptors (Lipinski definition) is 4. The van der Waals surface area contributed by atoms with E-state index in [9.17, 15) is 9.59 Å². The number of carbonyl (C=O) groups is 2. The number of aromatic nitrogens is 1. The first-order chi connectivity index (χ1) is 10.1. The Morgan fingerprint density at radius 1 is 1.38 bits per heavy atom. The van der Waals surface area contributed by atoms with Gasteiger partial charge in [-0.3, -0.25) is 9.59 Å². The molecule has 2 aromatic rings. The summed E-state index contributed by atoms with van der Waals surface area (Å²) < 4.78 is 5.24. The number of pyridine rings is 1. The largest absolute Gasteiger partial charge is 0.482 e. The molecule has 0 radical (unpaired) electrons. The summed E-state index contributed by atoms with van der Waals surface area (Å²) in [6, 6.07) is 8.18. The molecule has 0 atom stereocenters. The van der Waals surface area contributed by atoms with E-state index >= 15 is 0 Å². The molecule has 3 rings (SSSR count). The summed E-state index contributed by atoms with van der Waals surface area (Å²) in [6.07, 6.45) is 1.50. The maximum absolute atomic E-state index is 12.1. The lowest BCUT2D eigenvalue weighted by Gasteiger charge is -2.18. The molecular weight excluding hydrogens is 294 g/mol. The molecule has 0 fully saturated rings. The Morgan fingerprint density at radius 3 is 3.05 bits per heavy atom. The zero-order chi connectivity index (χ0) is 14.8. The molecule has 0 saturated heterocycles. The highest BCUT2D eigenvalue weighted by Gasteiger charge is 2.17. The van der Waals surface area contributed by atoms with Crippen molar-refractivity contribution in [2.45, 2.75) is 0 Å². The van der Waals surface area contributed by atoms with E-state index in [-0.39, 0.29) is 29.1 Å². The van der Waals surface area contributed by atoms with Crippen LogP contribution in [0.4, 0.5) is 11.4 Å². The lowest BCUT2D eigenvalue weighted by Crippen LogP contribution is -2.25. The van der Waals surface area contributed by atoms with Crippen molar-refractivity contribution in [2.24, 2.45) is 0 Å². The van der Waals surface area contributed by atoms with Crippen molar-refractivity contribution in [3.8, 4) is 5.75 Å².